The Labute approximate surface area is 110 Å². The van der Waals surface area contributed by atoms with Gasteiger partial charge in [-0.05, 0) is 38.1 Å². The maximum Gasteiger partial charge on any atom is 0.222 e. The van der Waals surface area contributed by atoms with Crippen LogP contribution >= 0.6 is 0 Å². The largest absolute Gasteiger partial charge is 0.381 e. The summed E-state index contributed by atoms with van der Waals surface area (Å²) in [5.74, 6) is 0.955. The lowest BCUT2D eigenvalue weighted by atomic mass is 10.0. The number of rotatable bonds is 6. The molecule has 4 heteroatoms. The second kappa shape index (κ2) is 7.10. The summed E-state index contributed by atoms with van der Waals surface area (Å²) in [6, 6.07) is 0.428. The van der Waals surface area contributed by atoms with Gasteiger partial charge in [0.1, 0.15) is 0 Å². The molecule has 2 fully saturated rings. The van der Waals surface area contributed by atoms with E-state index in [0.717, 1.165) is 58.5 Å². The van der Waals surface area contributed by atoms with E-state index in [1.807, 2.05) is 0 Å². The van der Waals surface area contributed by atoms with Crippen molar-refractivity contribution < 1.29 is 9.53 Å². The quantitative estimate of drug-likeness (QED) is 0.779. The summed E-state index contributed by atoms with van der Waals surface area (Å²) in [5.41, 5.74) is 0. The van der Waals surface area contributed by atoms with Gasteiger partial charge in [0.05, 0.1) is 0 Å². The molecule has 2 rings (SSSR count). The highest BCUT2D eigenvalue weighted by Gasteiger charge is 2.26. The molecule has 0 aromatic carbocycles. The van der Waals surface area contributed by atoms with Gasteiger partial charge >= 0.3 is 0 Å². The first kappa shape index (κ1) is 13.8. The van der Waals surface area contributed by atoms with Gasteiger partial charge in [-0.1, -0.05) is 6.92 Å². The van der Waals surface area contributed by atoms with Crippen molar-refractivity contribution in [3.05, 3.63) is 0 Å². The van der Waals surface area contributed by atoms with Crippen LogP contribution < -0.4 is 5.32 Å². The Morgan fingerprint density at radius 1 is 1.44 bits per heavy atom. The Morgan fingerprint density at radius 3 is 2.94 bits per heavy atom. The van der Waals surface area contributed by atoms with Gasteiger partial charge in [0.2, 0.25) is 5.91 Å². The molecule has 2 aliphatic heterocycles. The average molecular weight is 254 g/mol. The molecule has 0 saturated carbocycles. The van der Waals surface area contributed by atoms with Crippen LogP contribution in [0.1, 0.15) is 39.0 Å². The van der Waals surface area contributed by atoms with Crippen molar-refractivity contribution in [1.82, 2.24) is 10.2 Å². The van der Waals surface area contributed by atoms with E-state index >= 15 is 0 Å². The fraction of sp³-hybridized carbons (Fsp3) is 0.929. The molecule has 0 aliphatic carbocycles. The number of amides is 1. The molecule has 0 bridgehead atoms. The molecular formula is C14H26N2O2. The van der Waals surface area contributed by atoms with E-state index in [-0.39, 0.29) is 0 Å². The normalized spacial score (nSPS) is 27.6. The fourth-order valence-electron chi connectivity index (χ4n) is 2.94. The third kappa shape index (κ3) is 3.69. The molecule has 0 aromatic rings. The van der Waals surface area contributed by atoms with Gasteiger partial charge in [-0.25, -0.2) is 0 Å². The Morgan fingerprint density at radius 2 is 2.33 bits per heavy atom. The molecule has 1 amide bonds. The number of hydrogen-bond donors (Lipinski definition) is 1. The van der Waals surface area contributed by atoms with Crippen LogP contribution in [0.4, 0.5) is 0 Å². The number of hydrogen-bond acceptors (Lipinski definition) is 3. The summed E-state index contributed by atoms with van der Waals surface area (Å²) < 4.78 is 5.36. The van der Waals surface area contributed by atoms with Crippen LogP contribution in [0.15, 0.2) is 0 Å². The molecule has 2 atom stereocenters. The summed E-state index contributed by atoms with van der Waals surface area (Å²) in [7, 11) is 0. The first-order valence-corrected chi connectivity index (χ1v) is 7.39. The fourth-order valence-corrected chi connectivity index (χ4v) is 2.94. The Hall–Kier alpha value is -0.610. The second-order valence-corrected chi connectivity index (χ2v) is 5.50. The van der Waals surface area contributed by atoms with Crippen LogP contribution in [0.5, 0.6) is 0 Å². The molecule has 0 aromatic heterocycles. The summed E-state index contributed by atoms with van der Waals surface area (Å²) in [6.07, 6.45) is 4.99. The van der Waals surface area contributed by atoms with Crippen molar-refractivity contribution in [3.8, 4) is 0 Å². The van der Waals surface area contributed by atoms with Gasteiger partial charge in [0, 0.05) is 38.8 Å². The van der Waals surface area contributed by atoms with Crippen LogP contribution in [0.25, 0.3) is 0 Å². The van der Waals surface area contributed by atoms with Gasteiger partial charge in [0.15, 0.2) is 0 Å². The molecule has 2 aliphatic rings. The van der Waals surface area contributed by atoms with Crippen LogP contribution in [0.2, 0.25) is 0 Å². The summed E-state index contributed by atoms with van der Waals surface area (Å²) >= 11 is 0. The molecular weight excluding hydrogens is 228 g/mol. The van der Waals surface area contributed by atoms with Crippen molar-refractivity contribution in [2.75, 3.05) is 32.8 Å². The highest BCUT2D eigenvalue weighted by molar-refractivity contribution is 5.76. The molecule has 0 radical (unpaired) electrons. The zero-order valence-corrected chi connectivity index (χ0v) is 11.5. The van der Waals surface area contributed by atoms with Crippen LogP contribution in [0, 0.1) is 5.92 Å². The smallest absolute Gasteiger partial charge is 0.222 e. The molecule has 18 heavy (non-hydrogen) atoms. The van der Waals surface area contributed by atoms with Gasteiger partial charge in [0.25, 0.3) is 0 Å². The van der Waals surface area contributed by atoms with Crippen molar-refractivity contribution >= 4 is 5.91 Å². The Kier molecular flexibility index (Phi) is 5.45. The minimum atomic E-state index is 0.345. The van der Waals surface area contributed by atoms with E-state index in [0.29, 0.717) is 24.3 Å². The minimum absolute atomic E-state index is 0.345. The molecule has 2 unspecified atom stereocenters. The van der Waals surface area contributed by atoms with Crippen LogP contribution in [0.3, 0.4) is 0 Å². The standard InChI is InChI=1S/C14H26N2O2/c1-2-8-16(13-5-7-15-10-13)14(17)4-3-12-6-9-18-11-12/h12-13,15H,2-11H2,1H3. The number of carbonyl (C=O) groups excluding carboxylic acids is 1. The second-order valence-electron chi connectivity index (χ2n) is 5.50. The molecule has 4 nitrogen and oxygen atoms in total. The van der Waals surface area contributed by atoms with E-state index in [9.17, 15) is 4.79 Å². The van der Waals surface area contributed by atoms with Crippen molar-refractivity contribution in [2.45, 2.75) is 45.1 Å². The lowest BCUT2D eigenvalue weighted by Crippen LogP contribution is -2.42. The monoisotopic (exact) mass is 254 g/mol. The van der Waals surface area contributed by atoms with Crippen molar-refractivity contribution in [3.63, 3.8) is 0 Å². The van der Waals surface area contributed by atoms with Crippen molar-refractivity contribution in [1.29, 1.82) is 0 Å². The van der Waals surface area contributed by atoms with Gasteiger partial charge in [-0.3, -0.25) is 4.79 Å². The zero-order valence-electron chi connectivity index (χ0n) is 11.5. The minimum Gasteiger partial charge on any atom is -0.381 e. The maximum atomic E-state index is 12.3. The SMILES string of the molecule is CCCN(C(=O)CCC1CCOC1)C1CCNC1. The first-order chi connectivity index (χ1) is 8.81. The number of carbonyl (C=O) groups is 1. The predicted molar refractivity (Wildman–Crippen MR) is 71.4 cm³/mol. The predicted octanol–water partition coefficient (Wildman–Crippen LogP) is 1.40. The van der Waals surface area contributed by atoms with Crippen LogP contribution in [-0.4, -0.2) is 49.7 Å². The summed E-state index contributed by atoms with van der Waals surface area (Å²) in [4.78, 5) is 14.4. The van der Waals surface area contributed by atoms with Gasteiger partial charge in [-0.2, -0.15) is 0 Å². The highest BCUT2D eigenvalue weighted by Crippen LogP contribution is 2.20. The third-order valence-electron chi connectivity index (χ3n) is 4.05. The Balaban J connectivity index is 1.78. The molecule has 2 heterocycles. The topological polar surface area (TPSA) is 41.6 Å². The number of nitrogens with one attached hydrogen (secondary N) is 1. The number of nitrogens with zero attached hydrogens (tertiary/aromatic N) is 1. The van der Waals surface area contributed by atoms with E-state index in [1.54, 1.807) is 0 Å². The van der Waals surface area contributed by atoms with Gasteiger partial charge < -0.3 is 15.0 Å². The summed E-state index contributed by atoms with van der Waals surface area (Å²) in [5, 5.41) is 3.35. The lowest BCUT2D eigenvalue weighted by Gasteiger charge is -2.28. The molecule has 1 N–H and O–H groups in total. The molecule has 2 saturated heterocycles. The molecule has 104 valence electrons. The van der Waals surface area contributed by atoms with Gasteiger partial charge in [-0.15, -0.1) is 0 Å². The van der Waals surface area contributed by atoms with E-state index in [1.165, 1.54) is 0 Å². The first-order valence-electron chi connectivity index (χ1n) is 7.39. The van der Waals surface area contributed by atoms with Crippen LogP contribution in [-0.2, 0) is 9.53 Å². The van der Waals surface area contributed by atoms with E-state index < -0.39 is 0 Å². The maximum absolute atomic E-state index is 12.3. The highest BCUT2D eigenvalue weighted by atomic mass is 16.5. The zero-order chi connectivity index (χ0) is 12.8. The summed E-state index contributed by atoms with van der Waals surface area (Å²) in [6.45, 7) is 6.81. The van der Waals surface area contributed by atoms with E-state index in [4.69, 9.17) is 4.74 Å². The lowest BCUT2D eigenvalue weighted by molar-refractivity contribution is -0.133. The van der Waals surface area contributed by atoms with Crippen molar-refractivity contribution in [2.24, 2.45) is 5.92 Å². The number of ether oxygens (including phenoxy) is 1. The third-order valence-corrected chi connectivity index (χ3v) is 4.05. The Bertz CT molecular complexity index is 259. The molecule has 0 spiro atoms. The van der Waals surface area contributed by atoms with E-state index in [2.05, 4.69) is 17.1 Å². The average Bonchev–Trinajstić information content (AvgIpc) is 3.05.